The van der Waals surface area contributed by atoms with Crippen LogP contribution in [-0.4, -0.2) is 37.7 Å². The molecule has 1 fully saturated rings. The Hall–Kier alpha value is -0.240. The van der Waals surface area contributed by atoms with Gasteiger partial charge in [-0.1, -0.05) is 59.9 Å². The van der Waals surface area contributed by atoms with Crippen LogP contribution in [0.4, 0.5) is 0 Å². The van der Waals surface area contributed by atoms with Gasteiger partial charge in [0.15, 0.2) is 0 Å². The number of hydrogen-bond acceptors (Lipinski definition) is 2. The molecular formula is C23H21Br4NO. The number of ether oxygens (including phenoxy) is 1. The van der Waals surface area contributed by atoms with Crippen LogP contribution in [0, 0.1) is 0 Å². The Labute approximate surface area is 205 Å². The minimum Gasteiger partial charge on any atom is -0.379 e. The van der Waals surface area contributed by atoms with Crippen LogP contribution in [0.2, 0.25) is 0 Å². The lowest BCUT2D eigenvalue weighted by atomic mass is 9.98. The smallest absolute Gasteiger partial charge is 0.0594 e. The molecule has 0 atom stereocenters. The minimum absolute atomic E-state index is 0.868. The first-order valence-electron chi connectivity index (χ1n) is 9.69. The van der Waals surface area contributed by atoms with Crippen molar-refractivity contribution in [3.05, 3.63) is 65.9 Å². The second kappa shape index (κ2) is 9.92. The summed E-state index contributed by atoms with van der Waals surface area (Å²) in [4.78, 5) is 2.50. The molecule has 0 aromatic heterocycles. The van der Waals surface area contributed by atoms with E-state index in [-0.39, 0.29) is 0 Å². The Morgan fingerprint density at radius 1 is 0.793 bits per heavy atom. The van der Waals surface area contributed by atoms with Crippen LogP contribution in [0.15, 0.2) is 60.4 Å². The van der Waals surface area contributed by atoms with E-state index in [9.17, 15) is 0 Å². The number of morpholine rings is 1. The van der Waals surface area contributed by atoms with Crippen LogP contribution in [0.3, 0.4) is 0 Å². The van der Waals surface area contributed by atoms with Crippen molar-refractivity contribution in [3.8, 4) is 11.1 Å². The van der Waals surface area contributed by atoms with E-state index in [2.05, 4.69) is 105 Å². The number of rotatable bonds is 5. The SMILES string of the molecule is Brc1ccc(Br)c(-c2cc(Br)c3cc(CCCN4CCOCC4)ccc3c2Br)c1. The Kier molecular flexibility index (Phi) is 7.52. The molecule has 0 aliphatic carbocycles. The molecule has 0 bridgehead atoms. The van der Waals surface area contributed by atoms with Crippen molar-refractivity contribution in [2.75, 3.05) is 32.8 Å². The quantitative estimate of drug-likeness (QED) is 0.280. The highest BCUT2D eigenvalue weighted by atomic mass is 79.9. The van der Waals surface area contributed by atoms with Gasteiger partial charge < -0.3 is 4.74 Å². The minimum atomic E-state index is 0.868. The molecule has 29 heavy (non-hydrogen) atoms. The molecule has 0 N–H and O–H groups in total. The van der Waals surface area contributed by atoms with Crippen molar-refractivity contribution in [1.82, 2.24) is 4.90 Å². The van der Waals surface area contributed by atoms with E-state index in [1.165, 1.54) is 22.8 Å². The molecule has 0 unspecified atom stereocenters. The third-order valence-corrected chi connectivity index (χ3v) is 8.04. The van der Waals surface area contributed by atoms with Crippen LogP contribution in [-0.2, 0) is 11.2 Å². The number of fused-ring (bicyclic) bond motifs is 1. The largest absolute Gasteiger partial charge is 0.379 e. The molecule has 3 aromatic carbocycles. The van der Waals surface area contributed by atoms with Crippen LogP contribution < -0.4 is 0 Å². The van der Waals surface area contributed by atoms with Gasteiger partial charge in [-0.15, -0.1) is 0 Å². The van der Waals surface area contributed by atoms with Crippen LogP contribution in [0.25, 0.3) is 21.9 Å². The van der Waals surface area contributed by atoms with Crippen LogP contribution >= 0.6 is 63.7 Å². The average Bonchev–Trinajstić information content (AvgIpc) is 2.73. The molecule has 0 amide bonds. The predicted molar refractivity (Wildman–Crippen MR) is 136 cm³/mol. The highest BCUT2D eigenvalue weighted by Gasteiger charge is 2.14. The summed E-state index contributed by atoms with van der Waals surface area (Å²) in [6, 6.07) is 15.3. The maximum atomic E-state index is 5.44. The molecule has 0 saturated carbocycles. The lowest BCUT2D eigenvalue weighted by Crippen LogP contribution is -2.36. The maximum absolute atomic E-state index is 5.44. The zero-order chi connectivity index (χ0) is 20.4. The lowest BCUT2D eigenvalue weighted by Gasteiger charge is -2.26. The normalized spacial score (nSPS) is 15.2. The fourth-order valence-electron chi connectivity index (χ4n) is 3.78. The Bertz CT molecular complexity index is 1030. The van der Waals surface area contributed by atoms with Gasteiger partial charge in [0, 0.05) is 31.0 Å². The first kappa shape index (κ1) is 22.0. The Morgan fingerprint density at radius 2 is 1.59 bits per heavy atom. The fourth-order valence-corrected chi connectivity index (χ4v) is 5.83. The maximum Gasteiger partial charge on any atom is 0.0594 e. The van der Waals surface area contributed by atoms with Gasteiger partial charge >= 0.3 is 0 Å². The monoisotopic (exact) mass is 643 g/mol. The summed E-state index contributed by atoms with van der Waals surface area (Å²) in [6.45, 7) is 5.00. The highest BCUT2D eigenvalue weighted by molar-refractivity contribution is 9.11. The lowest BCUT2D eigenvalue weighted by molar-refractivity contribution is 0.0375. The topological polar surface area (TPSA) is 12.5 Å². The molecular weight excluding hydrogens is 626 g/mol. The second-order valence-corrected chi connectivity index (χ2v) is 10.7. The number of hydrogen-bond donors (Lipinski definition) is 0. The van der Waals surface area contributed by atoms with Crippen molar-refractivity contribution in [2.24, 2.45) is 0 Å². The standard InChI is InChI=1S/C23H21Br4NO/c24-16-4-6-21(25)19(13-16)20-14-22(26)18-12-15(3-5-17(18)23(20)27)2-1-7-28-8-10-29-11-9-28/h3-6,12-14H,1-2,7-11H2. The summed E-state index contributed by atoms with van der Waals surface area (Å²) >= 11 is 15.0. The summed E-state index contributed by atoms with van der Waals surface area (Å²) in [5.74, 6) is 0. The molecule has 6 heteroatoms. The zero-order valence-corrected chi connectivity index (χ0v) is 22.2. The van der Waals surface area contributed by atoms with E-state index >= 15 is 0 Å². The van der Waals surface area contributed by atoms with E-state index in [4.69, 9.17) is 4.74 Å². The number of nitrogens with zero attached hydrogens (tertiary/aromatic N) is 1. The van der Waals surface area contributed by atoms with Crippen molar-refractivity contribution in [3.63, 3.8) is 0 Å². The van der Waals surface area contributed by atoms with Gasteiger partial charge in [-0.3, -0.25) is 4.90 Å². The van der Waals surface area contributed by atoms with Crippen LogP contribution in [0.1, 0.15) is 12.0 Å². The van der Waals surface area contributed by atoms with Gasteiger partial charge in [-0.25, -0.2) is 0 Å². The van der Waals surface area contributed by atoms with Gasteiger partial charge in [-0.2, -0.15) is 0 Å². The van der Waals surface area contributed by atoms with E-state index in [0.29, 0.717) is 0 Å². The molecule has 3 aromatic rings. The average molecular weight is 647 g/mol. The fraction of sp³-hybridized carbons (Fsp3) is 0.304. The van der Waals surface area contributed by atoms with E-state index in [1.54, 1.807) is 0 Å². The Morgan fingerprint density at radius 3 is 2.38 bits per heavy atom. The Balaban J connectivity index is 1.59. The van der Waals surface area contributed by atoms with E-state index in [1.807, 2.05) is 6.07 Å². The van der Waals surface area contributed by atoms with Crippen molar-refractivity contribution < 1.29 is 4.74 Å². The molecule has 0 spiro atoms. The molecule has 1 heterocycles. The molecule has 2 nitrogen and oxygen atoms in total. The highest BCUT2D eigenvalue weighted by Crippen LogP contribution is 2.42. The predicted octanol–water partition coefficient (Wildman–Crippen LogP) is 7.82. The van der Waals surface area contributed by atoms with Crippen molar-refractivity contribution in [2.45, 2.75) is 12.8 Å². The summed E-state index contributed by atoms with van der Waals surface area (Å²) < 4.78 is 9.81. The zero-order valence-electron chi connectivity index (χ0n) is 15.9. The number of benzene rings is 3. The first-order chi connectivity index (χ1) is 14.0. The van der Waals surface area contributed by atoms with Crippen LogP contribution in [0.5, 0.6) is 0 Å². The first-order valence-corrected chi connectivity index (χ1v) is 12.9. The van der Waals surface area contributed by atoms with Gasteiger partial charge in [0.05, 0.1) is 13.2 Å². The summed E-state index contributed by atoms with van der Waals surface area (Å²) in [7, 11) is 0. The third kappa shape index (κ3) is 5.16. The molecule has 1 aliphatic heterocycles. The van der Waals surface area contributed by atoms with E-state index < -0.39 is 0 Å². The number of halogens is 4. The summed E-state index contributed by atoms with van der Waals surface area (Å²) in [5, 5.41) is 2.47. The molecule has 0 radical (unpaired) electrons. The molecule has 1 saturated heterocycles. The molecule has 4 rings (SSSR count). The van der Waals surface area contributed by atoms with Gasteiger partial charge in [0.2, 0.25) is 0 Å². The third-order valence-electron chi connectivity index (χ3n) is 5.35. The van der Waals surface area contributed by atoms with Gasteiger partial charge in [-0.05, 0) is 93.1 Å². The van der Waals surface area contributed by atoms with Gasteiger partial charge in [0.1, 0.15) is 0 Å². The number of aryl methyl sites for hydroxylation is 1. The van der Waals surface area contributed by atoms with E-state index in [0.717, 1.165) is 68.3 Å². The second-order valence-electron chi connectivity index (χ2n) is 7.28. The van der Waals surface area contributed by atoms with Gasteiger partial charge in [0.25, 0.3) is 0 Å². The molecule has 1 aliphatic rings. The van der Waals surface area contributed by atoms with Crippen molar-refractivity contribution >= 4 is 74.5 Å². The van der Waals surface area contributed by atoms with Crippen molar-refractivity contribution in [1.29, 1.82) is 0 Å². The summed E-state index contributed by atoms with van der Waals surface area (Å²) in [5.41, 5.74) is 3.70. The summed E-state index contributed by atoms with van der Waals surface area (Å²) in [6.07, 6.45) is 2.27. The molecule has 152 valence electrons.